The maximum atomic E-state index is 12.7. The van der Waals surface area contributed by atoms with Crippen LogP contribution in [0.4, 0.5) is 13.2 Å². The number of nitrogens with zero attached hydrogens (tertiary/aromatic N) is 2. The molecule has 0 saturated carbocycles. The average Bonchev–Trinajstić information content (AvgIpc) is 2.97. The Morgan fingerprint density at radius 1 is 1.52 bits per heavy atom. The molecular weight excluding hydrogens is 311 g/mol. The Morgan fingerprint density at radius 2 is 2.30 bits per heavy atom. The summed E-state index contributed by atoms with van der Waals surface area (Å²) in [7, 11) is 1.63. The third-order valence-electron chi connectivity index (χ3n) is 3.90. The molecule has 23 heavy (non-hydrogen) atoms. The van der Waals surface area contributed by atoms with Crippen molar-refractivity contribution in [3.05, 3.63) is 29.6 Å². The van der Waals surface area contributed by atoms with Crippen LogP contribution < -0.4 is 5.32 Å². The number of likely N-dealkylation sites (tertiary alicyclic amines) is 1. The van der Waals surface area contributed by atoms with Crippen LogP contribution in [0.5, 0.6) is 0 Å². The number of amides is 1. The van der Waals surface area contributed by atoms with Crippen LogP contribution in [-0.2, 0) is 10.9 Å². The molecule has 1 fully saturated rings. The summed E-state index contributed by atoms with van der Waals surface area (Å²) in [5, 5.41) is 2.67. The standard InChI is InChI=1S/C15H20F3N3O2/c1-23-8-7-21-6-2-3-12(21)10-20-14(22)13-9-11(4-5-19-13)15(16,17)18/h4-5,9,12H,2-3,6-8,10H2,1H3,(H,20,22). The van der Waals surface area contributed by atoms with E-state index in [-0.39, 0.29) is 11.7 Å². The highest BCUT2D eigenvalue weighted by Crippen LogP contribution is 2.29. The van der Waals surface area contributed by atoms with E-state index < -0.39 is 17.6 Å². The largest absolute Gasteiger partial charge is 0.416 e. The molecule has 2 heterocycles. The third-order valence-corrected chi connectivity index (χ3v) is 3.90. The summed E-state index contributed by atoms with van der Waals surface area (Å²) in [4.78, 5) is 17.9. The average molecular weight is 331 g/mol. The van der Waals surface area contributed by atoms with Gasteiger partial charge in [0.1, 0.15) is 5.69 Å². The van der Waals surface area contributed by atoms with Crippen LogP contribution in [0.15, 0.2) is 18.3 Å². The lowest BCUT2D eigenvalue weighted by Crippen LogP contribution is -2.41. The number of hydrogen-bond donors (Lipinski definition) is 1. The predicted molar refractivity (Wildman–Crippen MR) is 78.0 cm³/mol. The van der Waals surface area contributed by atoms with E-state index in [1.54, 1.807) is 7.11 Å². The van der Waals surface area contributed by atoms with Gasteiger partial charge in [0, 0.05) is 32.4 Å². The first-order valence-electron chi connectivity index (χ1n) is 7.46. The number of aromatic nitrogens is 1. The molecule has 0 bridgehead atoms. The first kappa shape index (κ1) is 17.7. The summed E-state index contributed by atoms with van der Waals surface area (Å²) in [6.45, 7) is 2.71. The van der Waals surface area contributed by atoms with Crippen molar-refractivity contribution in [3.63, 3.8) is 0 Å². The molecule has 1 aromatic heterocycles. The third kappa shape index (κ3) is 4.90. The SMILES string of the molecule is COCCN1CCCC1CNC(=O)c1cc(C(F)(F)F)ccn1. The Balaban J connectivity index is 1.92. The summed E-state index contributed by atoms with van der Waals surface area (Å²) in [5.74, 6) is -0.588. The zero-order chi connectivity index (χ0) is 16.9. The van der Waals surface area contributed by atoms with E-state index in [1.807, 2.05) is 0 Å². The van der Waals surface area contributed by atoms with E-state index >= 15 is 0 Å². The van der Waals surface area contributed by atoms with Crippen molar-refractivity contribution in [2.24, 2.45) is 0 Å². The van der Waals surface area contributed by atoms with Crippen molar-refractivity contribution in [1.82, 2.24) is 15.2 Å². The van der Waals surface area contributed by atoms with Crippen LogP contribution in [-0.4, -0.2) is 55.2 Å². The van der Waals surface area contributed by atoms with Crippen LogP contribution in [0.25, 0.3) is 0 Å². The van der Waals surface area contributed by atoms with E-state index in [4.69, 9.17) is 4.74 Å². The number of halogens is 3. The fourth-order valence-electron chi connectivity index (χ4n) is 2.66. The molecule has 1 N–H and O–H groups in total. The Bertz CT molecular complexity index is 537. The minimum absolute atomic E-state index is 0.180. The highest BCUT2D eigenvalue weighted by atomic mass is 19.4. The van der Waals surface area contributed by atoms with Gasteiger partial charge in [-0.25, -0.2) is 0 Å². The van der Waals surface area contributed by atoms with Gasteiger partial charge in [-0.2, -0.15) is 13.2 Å². The smallest absolute Gasteiger partial charge is 0.383 e. The number of alkyl halides is 3. The highest BCUT2D eigenvalue weighted by molar-refractivity contribution is 5.92. The zero-order valence-corrected chi connectivity index (χ0v) is 12.9. The molecule has 0 spiro atoms. The van der Waals surface area contributed by atoms with Crippen molar-refractivity contribution < 1.29 is 22.7 Å². The number of carbonyl (C=O) groups is 1. The molecule has 1 unspecified atom stereocenters. The molecule has 8 heteroatoms. The minimum atomic E-state index is -4.49. The number of carbonyl (C=O) groups excluding carboxylic acids is 1. The maximum Gasteiger partial charge on any atom is 0.416 e. The topological polar surface area (TPSA) is 54.5 Å². The lowest BCUT2D eigenvalue weighted by Gasteiger charge is -2.24. The van der Waals surface area contributed by atoms with Gasteiger partial charge in [-0.3, -0.25) is 14.7 Å². The highest BCUT2D eigenvalue weighted by Gasteiger charge is 2.31. The second kappa shape index (κ2) is 7.74. The summed E-state index contributed by atoms with van der Waals surface area (Å²) >= 11 is 0. The van der Waals surface area contributed by atoms with Gasteiger partial charge in [-0.15, -0.1) is 0 Å². The van der Waals surface area contributed by atoms with Crippen LogP contribution in [0.2, 0.25) is 0 Å². The van der Waals surface area contributed by atoms with E-state index in [2.05, 4.69) is 15.2 Å². The summed E-state index contributed by atoms with van der Waals surface area (Å²) in [6.07, 6.45) is -1.51. The molecule has 1 atom stereocenters. The Kier molecular flexibility index (Phi) is 5.95. The van der Waals surface area contributed by atoms with Crippen molar-refractivity contribution >= 4 is 5.91 Å². The Hall–Kier alpha value is -1.67. The summed E-state index contributed by atoms with van der Waals surface area (Å²) < 4.78 is 43.0. The number of methoxy groups -OCH3 is 1. The fourth-order valence-corrected chi connectivity index (χ4v) is 2.66. The molecular formula is C15H20F3N3O2. The van der Waals surface area contributed by atoms with Gasteiger partial charge in [0.05, 0.1) is 12.2 Å². The lowest BCUT2D eigenvalue weighted by molar-refractivity contribution is -0.137. The van der Waals surface area contributed by atoms with E-state index in [0.29, 0.717) is 13.2 Å². The first-order chi connectivity index (χ1) is 10.9. The van der Waals surface area contributed by atoms with Gasteiger partial charge in [0.25, 0.3) is 5.91 Å². The molecule has 1 aliphatic heterocycles. The molecule has 1 saturated heterocycles. The predicted octanol–water partition coefficient (Wildman–Crippen LogP) is 1.94. The van der Waals surface area contributed by atoms with Crippen LogP contribution in [0.1, 0.15) is 28.9 Å². The van der Waals surface area contributed by atoms with Crippen molar-refractivity contribution in [2.75, 3.05) is 33.4 Å². The zero-order valence-electron chi connectivity index (χ0n) is 12.9. The van der Waals surface area contributed by atoms with E-state index in [1.165, 1.54) is 0 Å². The molecule has 0 radical (unpaired) electrons. The minimum Gasteiger partial charge on any atom is -0.383 e. The number of rotatable bonds is 6. The van der Waals surface area contributed by atoms with Crippen LogP contribution in [0.3, 0.4) is 0 Å². The van der Waals surface area contributed by atoms with Gasteiger partial charge in [-0.1, -0.05) is 0 Å². The van der Waals surface area contributed by atoms with Gasteiger partial charge in [0.2, 0.25) is 0 Å². The number of pyridine rings is 1. The normalized spacial score (nSPS) is 19.0. The van der Waals surface area contributed by atoms with Crippen molar-refractivity contribution in [1.29, 1.82) is 0 Å². The Labute approximate surface area is 132 Å². The molecule has 1 aromatic rings. The molecule has 1 amide bonds. The molecule has 5 nitrogen and oxygen atoms in total. The van der Waals surface area contributed by atoms with Gasteiger partial charge >= 0.3 is 6.18 Å². The summed E-state index contributed by atoms with van der Waals surface area (Å²) in [5.41, 5.74) is -1.10. The lowest BCUT2D eigenvalue weighted by atomic mass is 10.2. The van der Waals surface area contributed by atoms with Gasteiger partial charge < -0.3 is 10.1 Å². The van der Waals surface area contributed by atoms with Crippen molar-refractivity contribution in [3.8, 4) is 0 Å². The second-order valence-electron chi connectivity index (χ2n) is 5.46. The maximum absolute atomic E-state index is 12.7. The number of ether oxygens (including phenoxy) is 1. The monoisotopic (exact) mass is 331 g/mol. The fraction of sp³-hybridized carbons (Fsp3) is 0.600. The molecule has 0 aliphatic carbocycles. The second-order valence-corrected chi connectivity index (χ2v) is 5.46. The number of hydrogen-bond acceptors (Lipinski definition) is 4. The first-order valence-corrected chi connectivity index (χ1v) is 7.46. The van der Waals surface area contributed by atoms with E-state index in [0.717, 1.165) is 44.3 Å². The van der Waals surface area contributed by atoms with Gasteiger partial charge in [-0.05, 0) is 31.5 Å². The van der Waals surface area contributed by atoms with Gasteiger partial charge in [0.15, 0.2) is 0 Å². The molecule has 128 valence electrons. The van der Waals surface area contributed by atoms with Crippen molar-refractivity contribution in [2.45, 2.75) is 25.1 Å². The molecule has 2 rings (SSSR count). The van der Waals surface area contributed by atoms with E-state index in [9.17, 15) is 18.0 Å². The van der Waals surface area contributed by atoms with Crippen LogP contribution >= 0.6 is 0 Å². The summed E-state index contributed by atoms with van der Waals surface area (Å²) in [6, 6.07) is 1.80. The molecule has 0 aromatic carbocycles. The molecule has 1 aliphatic rings. The quantitative estimate of drug-likeness (QED) is 0.866. The van der Waals surface area contributed by atoms with Crippen LogP contribution in [0, 0.1) is 0 Å². The Morgan fingerprint density at radius 3 is 3.00 bits per heavy atom. The number of nitrogens with one attached hydrogen (secondary N) is 1.